The Labute approximate surface area is 164 Å². The van der Waals surface area contributed by atoms with Crippen LogP contribution in [0.5, 0.6) is 11.5 Å². The summed E-state index contributed by atoms with van der Waals surface area (Å²) in [6.07, 6.45) is 1.88. The zero-order chi connectivity index (χ0) is 19.7. The van der Waals surface area contributed by atoms with Gasteiger partial charge in [0.05, 0.1) is 26.0 Å². The highest BCUT2D eigenvalue weighted by atomic mass is 16.5. The third-order valence-electron chi connectivity index (χ3n) is 5.51. The van der Waals surface area contributed by atoms with Gasteiger partial charge in [0, 0.05) is 18.6 Å². The minimum absolute atomic E-state index is 0.00111. The SMILES string of the molecule is COCC(=O)N1N=C2c3cc(OC)ccc3CC[C@@H]2[C@@H]1c1ccc(OC)cc1. The molecule has 0 bridgehead atoms. The van der Waals surface area contributed by atoms with Crippen LogP contribution < -0.4 is 9.47 Å². The average Bonchev–Trinajstić information content (AvgIpc) is 3.13. The molecule has 0 unspecified atom stereocenters. The molecule has 146 valence electrons. The molecule has 1 heterocycles. The Balaban J connectivity index is 1.77. The standard InChI is InChI=1S/C22H24N2O4/c1-26-13-20(25)24-22(15-5-8-16(27-2)9-6-15)18-11-7-14-4-10-17(28-3)12-19(14)21(18)23-24/h4-6,8-10,12,18,22H,7,11,13H2,1-3H3/t18-,22-/m0/s1. The number of carbonyl (C=O) groups excluding carboxylic acids is 1. The number of rotatable bonds is 5. The maximum absolute atomic E-state index is 12.8. The number of fused-ring (bicyclic) bond motifs is 3. The van der Waals surface area contributed by atoms with E-state index < -0.39 is 0 Å². The van der Waals surface area contributed by atoms with Crippen molar-refractivity contribution < 1.29 is 19.0 Å². The smallest absolute Gasteiger partial charge is 0.269 e. The Morgan fingerprint density at radius 1 is 1.07 bits per heavy atom. The van der Waals surface area contributed by atoms with Crippen molar-refractivity contribution in [3.8, 4) is 11.5 Å². The van der Waals surface area contributed by atoms with Crippen molar-refractivity contribution >= 4 is 11.6 Å². The fourth-order valence-corrected chi connectivity index (χ4v) is 4.15. The van der Waals surface area contributed by atoms with Crippen LogP contribution in [0.3, 0.4) is 0 Å². The number of nitrogens with zero attached hydrogens (tertiary/aromatic N) is 2. The molecule has 0 spiro atoms. The summed E-state index contributed by atoms with van der Waals surface area (Å²) in [5.41, 5.74) is 4.30. The molecule has 0 saturated heterocycles. The van der Waals surface area contributed by atoms with Crippen molar-refractivity contribution in [3.05, 3.63) is 59.2 Å². The first kappa shape index (κ1) is 18.5. The minimum atomic E-state index is -0.150. The summed E-state index contributed by atoms with van der Waals surface area (Å²) in [6.45, 7) is 0.00111. The van der Waals surface area contributed by atoms with Gasteiger partial charge in [-0.1, -0.05) is 18.2 Å². The molecule has 1 amide bonds. The van der Waals surface area contributed by atoms with Crippen LogP contribution in [0, 0.1) is 5.92 Å². The Bertz CT molecular complexity index is 907. The topological polar surface area (TPSA) is 60.4 Å². The number of carbonyl (C=O) groups is 1. The van der Waals surface area contributed by atoms with E-state index in [1.54, 1.807) is 19.2 Å². The van der Waals surface area contributed by atoms with Crippen LogP contribution in [0.25, 0.3) is 0 Å². The van der Waals surface area contributed by atoms with Gasteiger partial charge < -0.3 is 14.2 Å². The normalized spacial score (nSPS) is 20.2. The molecular weight excluding hydrogens is 356 g/mol. The van der Waals surface area contributed by atoms with E-state index in [1.165, 1.54) is 12.7 Å². The second-order valence-electron chi connectivity index (χ2n) is 7.04. The molecule has 0 radical (unpaired) electrons. The van der Waals surface area contributed by atoms with Gasteiger partial charge in [0.25, 0.3) is 5.91 Å². The fraction of sp³-hybridized carbons (Fsp3) is 0.364. The number of methoxy groups -OCH3 is 3. The van der Waals surface area contributed by atoms with E-state index in [2.05, 4.69) is 6.07 Å². The summed E-state index contributed by atoms with van der Waals surface area (Å²) in [5, 5.41) is 6.38. The van der Waals surface area contributed by atoms with Crippen LogP contribution in [0.4, 0.5) is 0 Å². The molecule has 6 heteroatoms. The molecule has 0 N–H and O–H groups in total. The van der Waals surface area contributed by atoms with Crippen LogP contribution in [-0.2, 0) is 16.0 Å². The molecule has 2 aromatic rings. The van der Waals surface area contributed by atoms with E-state index in [9.17, 15) is 4.79 Å². The van der Waals surface area contributed by atoms with Gasteiger partial charge in [0.15, 0.2) is 0 Å². The monoisotopic (exact) mass is 380 g/mol. The molecule has 1 aliphatic heterocycles. The van der Waals surface area contributed by atoms with E-state index in [0.29, 0.717) is 0 Å². The number of aryl methyl sites for hydroxylation is 1. The number of hydrogen-bond donors (Lipinski definition) is 0. The number of hydrazone groups is 1. The van der Waals surface area contributed by atoms with Crippen molar-refractivity contribution in [1.29, 1.82) is 0 Å². The van der Waals surface area contributed by atoms with Crippen molar-refractivity contribution in [2.24, 2.45) is 11.0 Å². The van der Waals surface area contributed by atoms with Gasteiger partial charge in [-0.2, -0.15) is 5.10 Å². The molecule has 6 nitrogen and oxygen atoms in total. The summed E-state index contributed by atoms with van der Waals surface area (Å²) in [5.74, 6) is 1.57. The summed E-state index contributed by atoms with van der Waals surface area (Å²) in [4.78, 5) is 12.8. The van der Waals surface area contributed by atoms with Crippen LogP contribution >= 0.6 is 0 Å². The van der Waals surface area contributed by atoms with Crippen LogP contribution in [0.2, 0.25) is 0 Å². The van der Waals surface area contributed by atoms with Gasteiger partial charge in [0.1, 0.15) is 18.1 Å². The van der Waals surface area contributed by atoms with Crippen molar-refractivity contribution in [1.82, 2.24) is 5.01 Å². The van der Waals surface area contributed by atoms with Gasteiger partial charge in [-0.3, -0.25) is 4.79 Å². The minimum Gasteiger partial charge on any atom is -0.497 e. The molecule has 28 heavy (non-hydrogen) atoms. The van der Waals surface area contributed by atoms with E-state index in [0.717, 1.165) is 41.2 Å². The molecule has 2 aromatic carbocycles. The number of amides is 1. The van der Waals surface area contributed by atoms with Crippen molar-refractivity contribution in [3.63, 3.8) is 0 Å². The predicted molar refractivity (Wildman–Crippen MR) is 106 cm³/mol. The molecule has 2 atom stereocenters. The molecular formula is C22H24N2O4. The van der Waals surface area contributed by atoms with E-state index >= 15 is 0 Å². The van der Waals surface area contributed by atoms with Gasteiger partial charge in [-0.15, -0.1) is 0 Å². The lowest BCUT2D eigenvalue weighted by Gasteiger charge is -2.29. The second kappa shape index (κ2) is 7.64. The fourth-order valence-electron chi connectivity index (χ4n) is 4.15. The molecule has 1 aliphatic carbocycles. The molecule has 0 saturated carbocycles. The highest BCUT2D eigenvalue weighted by molar-refractivity contribution is 6.07. The number of benzene rings is 2. The van der Waals surface area contributed by atoms with Gasteiger partial charge >= 0.3 is 0 Å². The molecule has 2 aliphatic rings. The molecule has 4 rings (SSSR count). The summed E-state index contributed by atoms with van der Waals surface area (Å²) >= 11 is 0. The second-order valence-corrected chi connectivity index (χ2v) is 7.04. The highest BCUT2D eigenvalue weighted by Gasteiger charge is 2.43. The highest BCUT2D eigenvalue weighted by Crippen LogP contribution is 2.44. The van der Waals surface area contributed by atoms with E-state index in [-0.39, 0.29) is 24.5 Å². The lowest BCUT2D eigenvalue weighted by atomic mass is 9.77. The number of hydrogen-bond acceptors (Lipinski definition) is 5. The lowest BCUT2D eigenvalue weighted by molar-refractivity contribution is -0.137. The molecule has 0 fully saturated rings. The summed E-state index contributed by atoms with van der Waals surface area (Å²) in [6, 6.07) is 13.8. The Hall–Kier alpha value is -2.86. The largest absolute Gasteiger partial charge is 0.497 e. The van der Waals surface area contributed by atoms with Crippen LogP contribution in [0.1, 0.15) is 29.2 Å². The Morgan fingerprint density at radius 2 is 1.79 bits per heavy atom. The van der Waals surface area contributed by atoms with Crippen LogP contribution in [-0.4, -0.2) is 44.6 Å². The first-order valence-electron chi connectivity index (χ1n) is 9.37. The quantitative estimate of drug-likeness (QED) is 0.799. The Morgan fingerprint density at radius 3 is 2.46 bits per heavy atom. The number of ether oxygens (including phenoxy) is 3. The first-order valence-corrected chi connectivity index (χ1v) is 9.37. The third-order valence-corrected chi connectivity index (χ3v) is 5.51. The zero-order valence-corrected chi connectivity index (χ0v) is 16.3. The van der Waals surface area contributed by atoms with Crippen LogP contribution in [0.15, 0.2) is 47.6 Å². The van der Waals surface area contributed by atoms with E-state index in [4.69, 9.17) is 19.3 Å². The zero-order valence-electron chi connectivity index (χ0n) is 16.3. The van der Waals surface area contributed by atoms with Crippen molar-refractivity contribution in [2.75, 3.05) is 27.9 Å². The molecule has 0 aromatic heterocycles. The Kier molecular flexibility index (Phi) is 5.05. The van der Waals surface area contributed by atoms with Gasteiger partial charge in [0.2, 0.25) is 0 Å². The van der Waals surface area contributed by atoms with Gasteiger partial charge in [-0.05, 0) is 48.2 Å². The third kappa shape index (κ3) is 3.14. The van der Waals surface area contributed by atoms with Gasteiger partial charge in [-0.25, -0.2) is 5.01 Å². The summed E-state index contributed by atoms with van der Waals surface area (Å²) < 4.78 is 15.8. The maximum atomic E-state index is 12.8. The summed E-state index contributed by atoms with van der Waals surface area (Å²) in [7, 11) is 4.83. The lowest BCUT2D eigenvalue weighted by Crippen LogP contribution is -2.34. The van der Waals surface area contributed by atoms with E-state index in [1.807, 2.05) is 36.4 Å². The van der Waals surface area contributed by atoms with Crippen molar-refractivity contribution in [2.45, 2.75) is 18.9 Å². The first-order chi connectivity index (χ1) is 13.7. The average molecular weight is 380 g/mol. The maximum Gasteiger partial charge on any atom is 0.269 e. The predicted octanol–water partition coefficient (Wildman–Crippen LogP) is 3.20.